The molecule has 25 heavy (non-hydrogen) atoms. The van der Waals surface area contributed by atoms with Crippen LogP contribution in [-0.2, 0) is 9.53 Å². The minimum atomic E-state index is -1.07. The highest BCUT2D eigenvalue weighted by molar-refractivity contribution is 5.95. The van der Waals surface area contributed by atoms with Gasteiger partial charge in [0.2, 0.25) is 0 Å². The maximum atomic E-state index is 13.5. The van der Waals surface area contributed by atoms with Crippen molar-refractivity contribution in [3.63, 3.8) is 0 Å². The first-order valence-corrected chi connectivity index (χ1v) is 7.08. The Hall–Kier alpha value is -3.16. The van der Waals surface area contributed by atoms with Crippen LogP contribution in [0.1, 0.15) is 10.4 Å². The van der Waals surface area contributed by atoms with E-state index in [1.165, 1.54) is 14.2 Å². The summed E-state index contributed by atoms with van der Waals surface area (Å²) >= 11 is 0. The highest BCUT2D eigenvalue weighted by atomic mass is 19.1. The van der Waals surface area contributed by atoms with E-state index in [1.807, 2.05) is 0 Å². The van der Waals surface area contributed by atoms with Crippen molar-refractivity contribution in [3.05, 3.63) is 53.6 Å². The van der Waals surface area contributed by atoms with E-state index in [9.17, 15) is 18.4 Å². The lowest BCUT2D eigenvalue weighted by atomic mass is 10.2. The first-order chi connectivity index (χ1) is 11.9. The highest BCUT2D eigenvalue weighted by Crippen LogP contribution is 2.25. The molecule has 0 heterocycles. The number of halogens is 2. The summed E-state index contributed by atoms with van der Waals surface area (Å²) in [4.78, 5) is 23.6. The summed E-state index contributed by atoms with van der Waals surface area (Å²) in [7, 11) is 2.92. The lowest BCUT2D eigenvalue weighted by Gasteiger charge is -2.10. The van der Waals surface area contributed by atoms with Gasteiger partial charge < -0.3 is 19.5 Å². The van der Waals surface area contributed by atoms with Gasteiger partial charge in [0.25, 0.3) is 5.91 Å². The molecule has 0 aliphatic heterocycles. The fraction of sp³-hybridized carbons (Fsp3) is 0.176. The Morgan fingerprint density at radius 3 is 2.20 bits per heavy atom. The Morgan fingerprint density at radius 2 is 1.64 bits per heavy atom. The van der Waals surface area contributed by atoms with Crippen molar-refractivity contribution in [2.75, 3.05) is 26.1 Å². The number of carbonyl (C=O) groups is 2. The summed E-state index contributed by atoms with van der Waals surface area (Å²) in [6.45, 7) is -0.644. The molecule has 0 bridgehead atoms. The molecule has 2 aromatic rings. The summed E-state index contributed by atoms with van der Waals surface area (Å²) in [6.07, 6.45) is 0. The lowest BCUT2D eigenvalue weighted by Crippen LogP contribution is -2.21. The zero-order valence-corrected chi connectivity index (χ0v) is 13.5. The topological polar surface area (TPSA) is 73.9 Å². The van der Waals surface area contributed by atoms with Crippen molar-refractivity contribution < 1.29 is 32.6 Å². The second kappa shape index (κ2) is 8.09. The molecule has 0 atom stereocenters. The smallest absolute Gasteiger partial charge is 0.341 e. The molecule has 0 aliphatic carbocycles. The molecule has 0 aromatic heterocycles. The molecule has 0 saturated carbocycles. The molecule has 0 fully saturated rings. The van der Waals surface area contributed by atoms with Crippen LogP contribution < -0.4 is 14.8 Å². The zero-order chi connectivity index (χ0) is 18.4. The van der Waals surface area contributed by atoms with E-state index in [-0.39, 0.29) is 0 Å². The van der Waals surface area contributed by atoms with E-state index in [0.29, 0.717) is 23.3 Å². The quantitative estimate of drug-likeness (QED) is 0.810. The van der Waals surface area contributed by atoms with Crippen molar-refractivity contribution in [2.45, 2.75) is 0 Å². The largest absolute Gasteiger partial charge is 0.497 e. The molecule has 0 spiro atoms. The van der Waals surface area contributed by atoms with Gasteiger partial charge in [-0.15, -0.1) is 0 Å². The molecule has 8 heteroatoms. The second-order valence-electron chi connectivity index (χ2n) is 4.85. The van der Waals surface area contributed by atoms with Crippen LogP contribution in [0.2, 0.25) is 0 Å². The van der Waals surface area contributed by atoms with E-state index in [0.717, 1.165) is 12.1 Å². The Bertz CT molecular complexity index is 772. The highest BCUT2D eigenvalue weighted by Gasteiger charge is 2.16. The van der Waals surface area contributed by atoms with Crippen LogP contribution in [0, 0.1) is 11.6 Å². The lowest BCUT2D eigenvalue weighted by molar-refractivity contribution is -0.119. The van der Waals surface area contributed by atoms with Crippen LogP contribution >= 0.6 is 0 Å². The Balaban J connectivity index is 1.97. The number of carbonyl (C=O) groups excluding carboxylic acids is 2. The third-order valence-electron chi connectivity index (χ3n) is 3.12. The first-order valence-electron chi connectivity index (χ1n) is 7.08. The summed E-state index contributed by atoms with van der Waals surface area (Å²) < 4.78 is 41.1. The second-order valence-corrected chi connectivity index (χ2v) is 4.85. The minimum Gasteiger partial charge on any atom is -0.497 e. The van der Waals surface area contributed by atoms with E-state index in [4.69, 9.17) is 14.2 Å². The van der Waals surface area contributed by atoms with Gasteiger partial charge in [-0.25, -0.2) is 13.6 Å². The predicted octanol–water partition coefficient (Wildman–Crippen LogP) is 2.78. The molecular formula is C17H15F2NO5. The Kier molecular flexibility index (Phi) is 5.89. The number of hydrogen-bond acceptors (Lipinski definition) is 5. The van der Waals surface area contributed by atoms with Crippen molar-refractivity contribution >= 4 is 17.6 Å². The Morgan fingerprint density at radius 1 is 1.00 bits per heavy atom. The molecular weight excluding hydrogens is 336 g/mol. The van der Waals surface area contributed by atoms with Crippen LogP contribution in [-0.4, -0.2) is 32.7 Å². The maximum Gasteiger partial charge on any atom is 0.341 e. The number of anilines is 1. The van der Waals surface area contributed by atoms with Crippen LogP contribution in [0.15, 0.2) is 36.4 Å². The molecule has 132 valence electrons. The van der Waals surface area contributed by atoms with Gasteiger partial charge in [-0.05, 0) is 12.1 Å². The van der Waals surface area contributed by atoms with E-state index < -0.39 is 35.7 Å². The molecule has 0 aliphatic rings. The average molecular weight is 351 g/mol. The van der Waals surface area contributed by atoms with Gasteiger partial charge in [0.1, 0.15) is 23.1 Å². The normalized spacial score (nSPS) is 10.1. The number of ether oxygens (including phenoxy) is 3. The number of hydrogen-bond donors (Lipinski definition) is 1. The van der Waals surface area contributed by atoms with E-state index in [2.05, 4.69) is 5.32 Å². The standard InChI is InChI=1S/C17H15F2NO5/c1-23-12-6-11(7-13(8-12)24-2)20-16(21)9-25-17(22)14-4-3-10(18)5-15(14)19/h3-8H,9H2,1-2H3,(H,20,21). The third kappa shape index (κ3) is 4.90. The summed E-state index contributed by atoms with van der Waals surface area (Å²) in [5.74, 6) is -2.69. The fourth-order valence-corrected chi connectivity index (χ4v) is 1.94. The minimum absolute atomic E-state index is 0.366. The van der Waals surface area contributed by atoms with E-state index in [1.54, 1.807) is 18.2 Å². The van der Waals surface area contributed by atoms with Gasteiger partial charge in [0, 0.05) is 30.0 Å². The number of benzene rings is 2. The summed E-state index contributed by atoms with van der Waals surface area (Å²) in [5, 5.41) is 2.49. The van der Waals surface area contributed by atoms with Gasteiger partial charge in [-0.1, -0.05) is 0 Å². The molecule has 0 unspecified atom stereocenters. The third-order valence-corrected chi connectivity index (χ3v) is 3.12. The predicted molar refractivity (Wildman–Crippen MR) is 84.8 cm³/mol. The van der Waals surface area contributed by atoms with Crippen molar-refractivity contribution in [3.8, 4) is 11.5 Å². The van der Waals surface area contributed by atoms with Crippen molar-refractivity contribution in [2.24, 2.45) is 0 Å². The van der Waals surface area contributed by atoms with Crippen LogP contribution in [0.5, 0.6) is 11.5 Å². The first kappa shape index (κ1) is 18.2. The molecule has 2 rings (SSSR count). The van der Waals surface area contributed by atoms with Crippen LogP contribution in [0.4, 0.5) is 14.5 Å². The Labute approximate surface area is 142 Å². The van der Waals surface area contributed by atoms with Crippen LogP contribution in [0.3, 0.4) is 0 Å². The number of esters is 1. The van der Waals surface area contributed by atoms with Gasteiger partial charge >= 0.3 is 5.97 Å². The van der Waals surface area contributed by atoms with Crippen LogP contribution in [0.25, 0.3) is 0 Å². The number of nitrogens with one attached hydrogen (secondary N) is 1. The van der Waals surface area contributed by atoms with Gasteiger partial charge in [0.05, 0.1) is 19.8 Å². The molecule has 6 nitrogen and oxygen atoms in total. The number of rotatable bonds is 6. The SMILES string of the molecule is COc1cc(NC(=O)COC(=O)c2ccc(F)cc2F)cc(OC)c1. The average Bonchev–Trinajstić information content (AvgIpc) is 2.59. The molecule has 1 N–H and O–H groups in total. The van der Waals surface area contributed by atoms with Gasteiger partial charge in [-0.2, -0.15) is 0 Å². The molecule has 2 aromatic carbocycles. The molecule has 1 amide bonds. The van der Waals surface area contributed by atoms with Crippen molar-refractivity contribution in [1.29, 1.82) is 0 Å². The molecule has 0 radical (unpaired) electrons. The summed E-state index contributed by atoms with van der Waals surface area (Å²) in [5.41, 5.74) is -0.0949. The van der Waals surface area contributed by atoms with Crippen molar-refractivity contribution in [1.82, 2.24) is 0 Å². The van der Waals surface area contributed by atoms with E-state index >= 15 is 0 Å². The fourth-order valence-electron chi connectivity index (χ4n) is 1.94. The van der Waals surface area contributed by atoms with Gasteiger partial charge in [0.15, 0.2) is 6.61 Å². The zero-order valence-electron chi connectivity index (χ0n) is 13.5. The van der Waals surface area contributed by atoms with Gasteiger partial charge in [-0.3, -0.25) is 4.79 Å². The number of amides is 1. The maximum absolute atomic E-state index is 13.5. The monoisotopic (exact) mass is 351 g/mol. The summed E-state index contributed by atoms with van der Waals surface area (Å²) in [6, 6.07) is 7.12. The number of methoxy groups -OCH3 is 2. The molecule has 0 saturated heterocycles.